The molecule has 7 heteroatoms. The van der Waals surface area contributed by atoms with Crippen LogP contribution >= 0.6 is 0 Å². The van der Waals surface area contributed by atoms with Gasteiger partial charge in [0.05, 0.1) is 18.1 Å². The Morgan fingerprint density at radius 2 is 1.70 bits per heavy atom. The monoisotopic (exact) mass is 369 g/mol. The minimum absolute atomic E-state index is 0.00892. The van der Waals surface area contributed by atoms with Crippen molar-refractivity contribution in [2.75, 3.05) is 31.6 Å². The second kappa shape index (κ2) is 8.28. The Labute approximate surface area is 158 Å². The Morgan fingerprint density at radius 3 is 2.26 bits per heavy atom. The number of non-ortho nitro benzene ring substituents is 1. The number of rotatable bonds is 5. The Bertz CT molecular complexity index is 809. The minimum Gasteiger partial charge on any atom is -0.379 e. The van der Waals surface area contributed by atoms with Gasteiger partial charge in [0.2, 0.25) is 5.91 Å². The summed E-state index contributed by atoms with van der Waals surface area (Å²) in [6.07, 6.45) is 0. The largest absolute Gasteiger partial charge is 0.379 e. The number of ether oxygens (including phenoxy) is 1. The van der Waals surface area contributed by atoms with Crippen molar-refractivity contribution in [2.24, 2.45) is 0 Å². The molecule has 1 saturated heterocycles. The highest BCUT2D eigenvalue weighted by Gasteiger charge is 2.30. The van der Waals surface area contributed by atoms with Gasteiger partial charge in [0, 0.05) is 30.9 Å². The Hall–Kier alpha value is -2.77. The molecule has 1 aliphatic rings. The average molecular weight is 369 g/mol. The number of nitro benzene ring substituents is 1. The lowest BCUT2D eigenvalue weighted by molar-refractivity contribution is -0.384. The van der Waals surface area contributed by atoms with E-state index < -0.39 is 11.0 Å². The van der Waals surface area contributed by atoms with E-state index in [1.54, 1.807) is 12.1 Å². The summed E-state index contributed by atoms with van der Waals surface area (Å²) < 4.78 is 5.41. The molecular formula is C20H23N3O4. The van der Waals surface area contributed by atoms with Crippen LogP contribution in [0.4, 0.5) is 11.4 Å². The molecule has 0 bridgehead atoms. The number of nitrogens with one attached hydrogen (secondary N) is 1. The van der Waals surface area contributed by atoms with Crippen LogP contribution in [0.5, 0.6) is 0 Å². The summed E-state index contributed by atoms with van der Waals surface area (Å²) in [5, 5.41) is 14.0. The summed E-state index contributed by atoms with van der Waals surface area (Å²) in [6.45, 7) is 6.28. The van der Waals surface area contributed by atoms with Crippen LogP contribution in [-0.2, 0) is 9.53 Å². The predicted molar refractivity (Wildman–Crippen MR) is 103 cm³/mol. The molecule has 1 fully saturated rings. The lowest BCUT2D eigenvalue weighted by atomic mass is 10.0. The van der Waals surface area contributed by atoms with E-state index in [2.05, 4.69) is 5.32 Å². The van der Waals surface area contributed by atoms with Crippen LogP contribution in [0.3, 0.4) is 0 Å². The van der Waals surface area contributed by atoms with Gasteiger partial charge in [-0.25, -0.2) is 0 Å². The lowest BCUT2D eigenvalue weighted by Gasteiger charge is -2.34. The highest BCUT2D eigenvalue weighted by Crippen LogP contribution is 2.27. The molecule has 2 aromatic rings. The summed E-state index contributed by atoms with van der Waals surface area (Å²) in [6, 6.07) is 11.5. The summed E-state index contributed by atoms with van der Waals surface area (Å²) in [5.41, 5.74) is 3.53. The third-order valence-corrected chi connectivity index (χ3v) is 4.81. The fourth-order valence-corrected chi connectivity index (χ4v) is 3.35. The number of carbonyl (C=O) groups is 1. The van der Waals surface area contributed by atoms with Gasteiger partial charge >= 0.3 is 0 Å². The third-order valence-electron chi connectivity index (χ3n) is 4.81. The number of amides is 1. The van der Waals surface area contributed by atoms with Gasteiger partial charge in [-0.15, -0.1) is 0 Å². The van der Waals surface area contributed by atoms with E-state index in [4.69, 9.17) is 4.74 Å². The molecule has 7 nitrogen and oxygen atoms in total. The number of hydrogen-bond donors (Lipinski definition) is 1. The maximum Gasteiger partial charge on any atom is 0.269 e. The van der Waals surface area contributed by atoms with Crippen LogP contribution in [0.15, 0.2) is 42.5 Å². The fraction of sp³-hybridized carbons (Fsp3) is 0.350. The molecule has 2 aromatic carbocycles. The zero-order valence-corrected chi connectivity index (χ0v) is 15.5. The molecule has 1 unspecified atom stereocenters. The average Bonchev–Trinajstić information content (AvgIpc) is 2.66. The number of para-hydroxylation sites is 1. The number of nitrogens with zero attached hydrogens (tertiary/aromatic N) is 2. The number of aryl methyl sites for hydroxylation is 2. The van der Waals surface area contributed by atoms with Crippen LogP contribution in [0, 0.1) is 24.0 Å². The molecule has 27 heavy (non-hydrogen) atoms. The highest BCUT2D eigenvalue weighted by molar-refractivity contribution is 5.96. The van der Waals surface area contributed by atoms with Crippen LogP contribution in [0.25, 0.3) is 0 Å². The molecule has 1 N–H and O–H groups in total. The number of nitro groups is 1. The van der Waals surface area contributed by atoms with Crippen molar-refractivity contribution in [1.82, 2.24) is 4.90 Å². The van der Waals surface area contributed by atoms with Gasteiger partial charge in [-0.05, 0) is 30.5 Å². The second-order valence-corrected chi connectivity index (χ2v) is 6.66. The summed E-state index contributed by atoms with van der Waals surface area (Å²) >= 11 is 0. The Morgan fingerprint density at radius 1 is 1.11 bits per heavy atom. The van der Waals surface area contributed by atoms with Crippen molar-refractivity contribution in [3.63, 3.8) is 0 Å². The standard InChI is InChI=1S/C20H23N3O4/c1-14-4-3-5-15(2)18(14)21-20(24)19(22-10-12-27-13-11-22)16-6-8-17(9-7-16)23(25)26/h3-9,19H,10-13H2,1-2H3,(H,21,24). The summed E-state index contributed by atoms with van der Waals surface area (Å²) in [5.74, 6) is -0.150. The smallest absolute Gasteiger partial charge is 0.269 e. The SMILES string of the molecule is Cc1cccc(C)c1NC(=O)C(c1ccc([N+](=O)[O-])cc1)N1CCOCC1. The molecule has 1 aliphatic heterocycles. The fourth-order valence-electron chi connectivity index (χ4n) is 3.35. The van der Waals surface area contributed by atoms with Gasteiger partial charge in [-0.2, -0.15) is 0 Å². The van der Waals surface area contributed by atoms with Crippen molar-refractivity contribution in [3.05, 3.63) is 69.3 Å². The maximum absolute atomic E-state index is 13.2. The van der Waals surface area contributed by atoms with Gasteiger partial charge in [0.15, 0.2) is 0 Å². The third kappa shape index (κ3) is 4.32. The van der Waals surface area contributed by atoms with E-state index in [9.17, 15) is 14.9 Å². The first-order valence-corrected chi connectivity index (χ1v) is 8.90. The van der Waals surface area contributed by atoms with E-state index in [0.29, 0.717) is 26.3 Å². The quantitative estimate of drug-likeness (QED) is 0.646. The highest BCUT2D eigenvalue weighted by atomic mass is 16.6. The first kappa shape index (κ1) is 19.0. The van der Waals surface area contributed by atoms with E-state index in [0.717, 1.165) is 22.4 Å². The molecule has 0 aromatic heterocycles. The van der Waals surface area contributed by atoms with Gasteiger partial charge in [0.25, 0.3) is 5.69 Å². The Kier molecular flexibility index (Phi) is 5.83. The maximum atomic E-state index is 13.2. The number of morpholine rings is 1. The topological polar surface area (TPSA) is 84.7 Å². The first-order chi connectivity index (χ1) is 13.0. The van der Waals surface area contributed by atoms with Crippen molar-refractivity contribution in [3.8, 4) is 0 Å². The van der Waals surface area contributed by atoms with Crippen molar-refractivity contribution < 1.29 is 14.5 Å². The Balaban J connectivity index is 1.91. The molecule has 1 atom stereocenters. The lowest BCUT2D eigenvalue weighted by Crippen LogP contribution is -2.44. The van der Waals surface area contributed by atoms with E-state index in [1.807, 2.05) is 36.9 Å². The van der Waals surface area contributed by atoms with Crippen LogP contribution < -0.4 is 5.32 Å². The zero-order valence-electron chi connectivity index (χ0n) is 15.5. The molecule has 142 valence electrons. The van der Waals surface area contributed by atoms with Crippen molar-refractivity contribution in [2.45, 2.75) is 19.9 Å². The molecule has 0 saturated carbocycles. The molecule has 1 heterocycles. The predicted octanol–water partition coefficient (Wildman–Crippen LogP) is 3.22. The van der Waals surface area contributed by atoms with E-state index in [1.165, 1.54) is 12.1 Å². The van der Waals surface area contributed by atoms with Crippen molar-refractivity contribution >= 4 is 17.3 Å². The van der Waals surface area contributed by atoms with Crippen molar-refractivity contribution in [1.29, 1.82) is 0 Å². The summed E-state index contributed by atoms with van der Waals surface area (Å²) in [4.78, 5) is 25.8. The van der Waals surface area contributed by atoms with E-state index >= 15 is 0 Å². The zero-order chi connectivity index (χ0) is 19.4. The first-order valence-electron chi connectivity index (χ1n) is 8.90. The molecule has 0 radical (unpaired) electrons. The van der Waals surface area contributed by atoms with Gasteiger partial charge in [0.1, 0.15) is 6.04 Å². The number of benzene rings is 2. The molecule has 1 amide bonds. The molecular weight excluding hydrogens is 346 g/mol. The second-order valence-electron chi connectivity index (χ2n) is 6.66. The minimum atomic E-state index is -0.534. The number of carbonyl (C=O) groups excluding carboxylic acids is 1. The van der Waals surface area contributed by atoms with E-state index in [-0.39, 0.29) is 11.6 Å². The molecule has 0 aliphatic carbocycles. The summed E-state index contributed by atoms with van der Waals surface area (Å²) in [7, 11) is 0. The number of hydrogen-bond acceptors (Lipinski definition) is 5. The normalized spacial score (nSPS) is 15.9. The van der Waals surface area contributed by atoms with Gasteiger partial charge < -0.3 is 10.1 Å². The molecule has 0 spiro atoms. The van der Waals surface area contributed by atoms with Crippen LogP contribution in [0.2, 0.25) is 0 Å². The van der Waals surface area contributed by atoms with Crippen LogP contribution in [-0.4, -0.2) is 42.0 Å². The van der Waals surface area contributed by atoms with Crippen LogP contribution in [0.1, 0.15) is 22.7 Å². The van der Waals surface area contributed by atoms with Gasteiger partial charge in [-0.1, -0.05) is 30.3 Å². The molecule has 3 rings (SSSR count). The number of anilines is 1. The van der Waals surface area contributed by atoms with Gasteiger partial charge in [-0.3, -0.25) is 19.8 Å².